The van der Waals surface area contributed by atoms with Gasteiger partial charge in [-0.2, -0.15) is 0 Å². The standard InChI is InChI=1S/C26H19ClF2N2O5S/c1-35-22-10-16(4-9-21(22)36-14-15-2-5-17(28)6-3-15)11-23-25(33)31(26(34)37-23)13-24(32)30-18-7-8-20(29)19(27)12-18/h2-12H,13-14H2,1H3,(H,30,32)/b23-11-. The highest BCUT2D eigenvalue weighted by molar-refractivity contribution is 8.18. The molecule has 0 radical (unpaired) electrons. The molecule has 4 rings (SSSR count). The lowest BCUT2D eigenvalue weighted by atomic mass is 10.1. The molecule has 37 heavy (non-hydrogen) atoms. The Morgan fingerprint density at radius 2 is 1.81 bits per heavy atom. The maximum absolute atomic E-state index is 13.3. The second kappa shape index (κ2) is 11.4. The Morgan fingerprint density at radius 3 is 2.51 bits per heavy atom. The first-order valence-electron chi connectivity index (χ1n) is 10.8. The average molecular weight is 545 g/mol. The van der Waals surface area contributed by atoms with E-state index in [1.54, 1.807) is 30.3 Å². The molecule has 3 aromatic rings. The average Bonchev–Trinajstić information content (AvgIpc) is 3.13. The van der Waals surface area contributed by atoms with Crippen LogP contribution < -0.4 is 14.8 Å². The predicted molar refractivity (Wildman–Crippen MR) is 136 cm³/mol. The lowest BCUT2D eigenvalue weighted by molar-refractivity contribution is -0.127. The fourth-order valence-corrected chi connectivity index (χ4v) is 4.36. The molecule has 0 aliphatic carbocycles. The lowest BCUT2D eigenvalue weighted by Gasteiger charge is -2.13. The number of carbonyl (C=O) groups excluding carboxylic acids is 3. The van der Waals surface area contributed by atoms with Crippen molar-refractivity contribution in [1.82, 2.24) is 4.90 Å². The fourth-order valence-electron chi connectivity index (χ4n) is 3.34. The molecular weight excluding hydrogens is 526 g/mol. The summed E-state index contributed by atoms with van der Waals surface area (Å²) in [5.74, 6) is -1.41. The van der Waals surface area contributed by atoms with Crippen LogP contribution in [0.3, 0.4) is 0 Å². The first kappa shape index (κ1) is 26.2. The van der Waals surface area contributed by atoms with Crippen LogP contribution in [0.4, 0.5) is 19.3 Å². The number of thioether (sulfide) groups is 1. The number of imide groups is 1. The molecule has 0 unspecified atom stereocenters. The van der Waals surface area contributed by atoms with E-state index in [2.05, 4.69) is 5.32 Å². The Labute approximate surface area is 220 Å². The zero-order valence-corrected chi connectivity index (χ0v) is 20.9. The number of carbonyl (C=O) groups is 3. The third kappa shape index (κ3) is 6.46. The van der Waals surface area contributed by atoms with E-state index >= 15 is 0 Å². The Kier molecular flexibility index (Phi) is 8.10. The van der Waals surface area contributed by atoms with Crippen molar-refractivity contribution < 1.29 is 32.6 Å². The van der Waals surface area contributed by atoms with Crippen LogP contribution in [-0.4, -0.2) is 35.6 Å². The molecule has 11 heteroatoms. The van der Waals surface area contributed by atoms with Gasteiger partial charge >= 0.3 is 0 Å². The number of amides is 3. The smallest absolute Gasteiger partial charge is 0.294 e. The van der Waals surface area contributed by atoms with Crippen molar-refractivity contribution in [2.24, 2.45) is 0 Å². The molecule has 0 bridgehead atoms. The van der Waals surface area contributed by atoms with Crippen LogP contribution in [0.25, 0.3) is 6.08 Å². The molecule has 0 spiro atoms. The third-order valence-electron chi connectivity index (χ3n) is 5.17. The number of benzene rings is 3. The van der Waals surface area contributed by atoms with E-state index in [0.29, 0.717) is 28.8 Å². The molecule has 1 aliphatic rings. The molecule has 3 amide bonds. The summed E-state index contributed by atoms with van der Waals surface area (Å²) in [4.78, 5) is 38.5. The molecule has 1 fully saturated rings. The van der Waals surface area contributed by atoms with Gasteiger partial charge < -0.3 is 14.8 Å². The Bertz CT molecular complexity index is 1400. The second-order valence-corrected chi connectivity index (χ2v) is 9.17. The number of hydrogen-bond acceptors (Lipinski definition) is 6. The van der Waals surface area contributed by atoms with Gasteiger partial charge in [0.2, 0.25) is 5.91 Å². The summed E-state index contributed by atoms with van der Waals surface area (Å²) in [5, 5.41) is 1.70. The normalized spacial score (nSPS) is 14.3. The monoisotopic (exact) mass is 544 g/mol. The summed E-state index contributed by atoms with van der Waals surface area (Å²) in [6.07, 6.45) is 1.51. The summed E-state index contributed by atoms with van der Waals surface area (Å²) in [6.45, 7) is -0.322. The van der Waals surface area contributed by atoms with Crippen LogP contribution in [0, 0.1) is 11.6 Å². The highest BCUT2D eigenvalue weighted by Crippen LogP contribution is 2.35. The quantitative estimate of drug-likeness (QED) is 0.356. The molecule has 1 aliphatic heterocycles. The Balaban J connectivity index is 1.42. The van der Waals surface area contributed by atoms with Gasteiger partial charge in [-0.3, -0.25) is 19.3 Å². The number of ether oxygens (including phenoxy) is 2. The number of hydrogen-bond donors (Lipinski definition) is 1. The number of nitrogens with one attached hydrogen (secondary N) is 1. The van der Waals surface area contributed by atoms with E-state index < -0.39 is 29.4 Å². The molecule has 1 saturated heterocycles. The van der Waals surface area contributed by atoms with E-state index in [1.165, 1.54) is 37.5 Å². The van der Waals surface area contributed by atoms with E-state index in [-0.39, 0.29) is 28.0 Å². The molecule has 7 nitrogen and oxygen atoms in total. The van der Waals surface area contributed by atoms with Gasteiger partial charge in [-0.1, -0.05) is 29.8 Å². The summed E-state index contributed by atoms with van der Waals surface area (Å²) in [6, 6.07) is 14.5. The minimum absolute atomic E-state index is 0.129. The van der Waals surface area contributed by atoms with E-state index in [9.17, 15) is 23.2 Å². The summed E-state index contributed by atoms with van der Waals surface area (Å²) >= 11 is 6.41. The number of halogens is 3. The van der Waals surface area contributed by atoms with Gasteiger partial charge in [0.1, 0.15) is 24.8 Å². The van der Waals surface area contributed by atoms with Crippen molar-refractivity contribution >= 4 is 52.2 Å². The van der Waals surface area contributed by atoms with Crippen molar-refractivity contribution in [3.63, 3.8) is 0 Å². The van der Waals surface area contributed by atoms with Crippen molar-refractivity contribution in [3.8, 4) is 11.5 Å². The van der Waals surface area contributed by atoms with Crippen molar-refractivity contribution in [3.05, 3.63) is 93.4 Å². The molecule has 1 N–H and O–H groups in total. The van der Waals surface area contributed by atoms with Gasteiger partial charge in [0.05, 0.1) is 17.0 Å². The summed E-state index contributed by atoms with van der Waals surface area (Å²) in [5.41, 5.74) is 1.57. The van der Waals surface area contributed by atoms with Gasteiger partial charge in [-0.05, 0) is 71.4 Å². The van der Waals surface area contributed by atoms with E-state index in [0.717, 1.165) is 16.5 Å². The number of anilines is 1. The molecule has 3 aromatic carbocycles. The maximum atomic E-state index is 13.3. The van der Waals surface area contributed by atoms with Crippen LogP contribution >= 0.6 is 23.4 Å². The largest absolute Gasteiger partial charge is 0.493 e. The second-order valence-electron chi connectivity index (χ2n) is 7.77. The topological polar surface area (TPSA) is 84.9 Å². The Hall–Kier alpha value is -3.89. The van der Waals surface area contributed by atoms with Gasteiger partial charge in [0.25, 0.3) is 11.1 Å². The van der Waals surface area contributed by atoms with Crippen LogP contribution in [0.5, 0.6) is 11.5 Å². The zero-order valence-electron chi connectivity index (χ0n) is 19.3. The van der Waals surface area contributed by atoms with Gasteiger partial charge in [0.15, 0.2) is 11.5 Å². The molecular formula is C26H19ClF2N2O5S. The van der Waals surface area contributed by atoms with Crippen LogP contribution in [0.2, 0.25) is 5.02 Å². The minimum Gasteiger partial charge on any atom is -0.493 e. The number of rotatable bonds is 8. The van der Waals surface area contributed by atoms with Gasteiger partial charge in [-0.15, -0.1) is 0 Å². The van der Waals surface area contributed by atoms with Crippen molar-refractivity contribution in [2.75, 3.05) is 19.0 Å². The number of nitrogens with zero attached hydrogens (tertiary/aromatic N) is 1. The summed E-state index contributed by atoms with van der Waals surface area (Å²) in [7, 11) is 1.46. The molecule has 0 aromatic heterocycles. The van der Waals surface area contributed by atoms with E-state index in [1.807, 2.05) is 0 Å². The predicted octanol–water partition coefficient (Wildman–Crippen LogP) is 5.88. The highest BCUT2D eigenvalue weighted by atomic mass is 35.5. The number of methoxy groups -OCH3 is 1. The SMILES string of the molecule is COc1cc(/C=C2\SC(=O)N(CC(=O)Nc3ccc(F)c(Cl)c3)C2=O)ccc1OCc1ccc(F)cc1. The molecule has 0 atom stereocenters. The Morgan fingerprint density at radius 1 is 1.05 bits per heavy atom. The highest BCUT2D eigenvalue weighted by Gasteiger charge is 2.36. The molecule has 1 heterocycles. The van der Waals surface area contributed by atoms with Crippen LogP contribution in [0.1, 0.15) is 11.1 Å². The zero-order chi connectivity index (χ0) is 26.5. The maximum Gasteiger partial charge on any atom is 0.294 e. The fraction of sp³-hybridized carbons (Fsp3) is 0.115. The minimum atomic E-state index is -0.643. The molecule has 0 saturated carbocycles. The molecule has 190 valence electrons. The first-order valence-corrected chi connectivity index (χ1v) is 12.0. The lowest BCUT2D eigenvalue weighted by Crippen LogP contribution is -2.36. The van der Waals surface area contributed by atoms with Crippen LogP contribution in [-0.2, 0) is 16.2 Å². The first-order chi connectivity index (χ1) is 17.7. The van der Waals surface area contributed by atoms with Crippen LogP contribution in [0.15, 0.2) is 65.6 Å². The van der Waals surface area contributed by atoms with Crippen molar-refractivity contribution in [2.45, 2.75) is 6.61 Å². The summed E-state index contributed by atoms with van der Waals surface area (Å²) < 4.78 is 37.5. The van der Waals surface area contributed by atoms with Gasteiger partial charge in [0, 0.05) is 5.69 Å². The van der Waals surface area contributed by atoms with Crippen molar-refractivity contribution in [1.29, 1.82) is 0 Å². The van der Waals surface area contributed by atoms with E-state index in [4.69, 9.17) is 21.1 Å². The van der Waals surface area contributed by atoms with Gasteiger partial charge in [-0.25, -0.2) is 8.78 Å². The third-order valence-corrected chi connectivity index (χ3v) is 6.37.